The van der Waals surface area contributed by atoms with Crippen LogP contribution in [0.15, 0.2) is 0 Å². The highest BCUT2D eigenvalue weighted by Crippen LogP contribution is 2.38. The molecule has 0 bridgehead atoms. The second-order valence-corrected chi connectivity index (χ2v) is 7.17. The van der Waals surface area contributed by atoms with Gasteiger partial charge in [-0.25, -0.2) is 13.1 Å². The molecule has 20 heavy (non-hydrogen) atoms. The van der Waals surface area contributed by atoms with Crippen molar-refractivity contribution in [1.82, 2.24) is 4.72 Å². The van der Waals surface area contributed by atoms with Crippen LogP contribution in [-0.2, 0) is 19.6 Å². The van der Waals surface area contributed by atoms with Crippen LogP contribution in [0.3, 0.4) is 0 Å². The predicted octanol–water partition coefficient (Wildman–Crippen LogP) is 1.19. The predicted molar refractivity (Wildman–Crippen MR) is 74.1 cm³/mol. The topological polar surface area (TPSA) is 96.3 Å². The SMILES string of the molecule is CCOC(=O)[C@@H](C)CNS(=O)(=O)CC1(C#N)CCCC1. The number of sulfonamides is 1. The number of nitriles is 1. The van der Waals surface area contributed by atoms with E-state index in [4.69, 9.17) is 4.74 Å². The first-order valence-corrected chi connectivity index (χ1v) is 8.54. The number of hydrogen-bond acceptors (Lipinski definition) is 5. The number of esters is 1. The quantitative estimate of drug-likeness (QED) is 0.713. The Morgan fingerprint density at radius 3 is 2.55 bits per heavy atom. The third-order valence-corrected chi connectivity index (χ3v) is 5.10. The van der Waals surface area contributed by atoms with Crippen LogP contribution in [0.25, 0.3) is 0 Å². The van der Waals surface area contributed by atoms with Crippen LogP contribution in [0.5, 0.6) is 0 Å². The maximum atomic E-state index is 12.0. The Morgan fingerprint density at radius 1 is 1.45 bits per heavy atom. The minimum Gasteiger partial charge on any atom is -0.466 e. The lowest BCUT2D eigenvalue weighted by atomic mass is 9.91. The van der Waals surface area contributed by atoms with Crippen molar-refractivity contribution >= 4 is 16.0 Å². The van der Waals surface area contributed by atoms with Crippen molar-refractivity contribution in [2.24, 2.45) is 11.3 Å². The molecule has 0 aromatic rings. The highest BCUT2D eigenvalue weighted by atomic mass is 32.2. The first-order chi connectivity index (χ1) is 9.34. The highest BCUT2D eigenvalue weighted by Gasteiger charge is 2.38. The lowest BCUT2D eigenvalue weighted by molar-refractivity contribution is -0.147. The standard InChI is InChI=1S/C13H22N2O4S/c1-3-19-12(16)11(2)8-15-20(17,18)10-13(9-14)6-4-5-7-13/h11,15H,3-8,10H2,1-2H3/t11-/m0/s1. The van der Waals surface area contributed by atoms with E-state index in [2.05, 4.69) is 10.8 Å². The molecule has 0 spiro atoms. The summed E-state index contributed by atoms with van der Waals surface area (Å²) in [7, 11) is -3.56. The van der Waals surface area contributed by atoms with Crippen LogP contribution in [0.2, 0.25) is 0 Å². The Balaban J connectivity index is 2.54. The molecule has 1 N–H and O–H groups in total. The summed E-state index contributed by atoms with van der Waals surface area (Å²) < 4.78 is 31.3. The highest BCUT2D eigenvalue weighted by molar-refractivity contribution is 7.89. The molecule has 1 atom stereocenters. The Morgan fingerprint density at radius 2 is 2.05 bits per heavy atom. The molecule has 1 rings (SSSR count). The van der Waals surface area contributed by atoms with Gasteiger partial charge < -0.3 is 4.74 Å². The molecular formula is C13H22N2O4S. The van der Waals surface area contributed by atoms with E-state index >= 15 is 0 Å². The molecule has 0 radical (unpaired) electrons. The Bertz CT molecular complexity index is 475. The second-order valence-electron chi connectivity index (χ2n) is 5.36. The summed E-state index contributed by atoms with van der Waals surface area (Å²) in [4.78, 5) is 11.4. The van der Waals surface area contributed by atoms with E-state index in [1.165, 1.54) is 0 Å². The van der Waals surface area contributed by atoms with Crippen molar-refractivity contribution in [2.75, 3.05) is 18.9 Å². The maximum absolute atomic E-state index is 12.0. The van der Waals surface area contributed by atoms with Gasteiger partial charge >= 0.3 is 5.97 Å². The molecule has 0 amide bonds. The molecule has 0 aromatic heterocycles. The van der Waals surface area contributed by atoms with Crippen molar-refractivity contribution in [1.29, 1.82) is 5.26 Å². The Labute approximate surface area is 120 Å². The van der Waals surface area contributed by atoms with Gasteiger partial charge in [-0.1, -0.05) is 19.8 Å². The molecular weight excluding hydrogens is 280 g/mol. The molecule has 0 saturated heterocycles. The first-order valence-electron chi connectivity index (χ1n) is 6.89. The summed E-state index contributed by atoms with van der Waals surface area (Å²) in [6.45, 7) is 3.58. The number of carbonyl (C=O) groups is 1. The number of carbonyl (C=O) groups excluding carboxylic acids is 1. The average molecular weight is 302 g/mol. The van der Waals surface area contributed by atoms with Crippen LogP contribution >= 0.6 is 0 Å². The molecule has 114 valence electrons. The van der Waals surface area contributed by atoms with Gasteiger partial charge in [0.1, 0.15) is 0 Å². The van der Waals surface area contributed by atoms with E-state index in [-0.39, 0.29) is 18.9 Å². The maximum Gasteiger partial charge on any atom is 0.309 e. The second kappa shape index (κ2) is 7.04. The van der Waals surface area contributed by atoms with Gasteiger partial charge in [0.05, 0.1) is 29.8 Å². The smallest absolute Gasteiger partial charge is 0.309 e. The van der Waals surface area contributed by atoms with Gasteiger partial charge in [-0.2, -0.15) is 5.26 Å². The summed E-state index contributed by atoms with van der Waals surface area (Å²) in [6, 6.07) is 2.15. The zero-order chi connectivity index (χ0) is 15.2. The normalized spacial score (nSPS) is 19.2. The Hall–Kier alpha value is -1.13. The van der Waals surface area contributed by atoms with E-state index in [0.717, 1.165) is 12.8 Å². The molecule has 1 aliphatic carbocycles. The average Bonchev–Trinajstić information content (AvgIpc) is 2.84. The van der Waals surface area contributed by atoms with Crippen LogP contribution in [0.4, 0.5) is 0 Å². The number of nitrogens with one attached hydrogen (secondary N) is 1. The molecule has 7 heteroatoms. The molecule has 1 fully saturated rings. The van der Waals surface area contributed by atoms with Crippen molar-refractivity contribution < 1.29 is 17.9 Å². The van der Waals surface area contributed by atoms with Gasteiger partial charge in [-0.3, -0.25) is 4.79 Å². The van der Waals surface area contributed by atoms with E-state index < -0.39 is 27.3 Å². The molecule has 0 aliphatic heterocycles. The lowest BCUT2D eigenvalue weighted by Gasteiger charge is -2.20. The molecule has 0 unspecified atom stereocenters. The largest absolute Gasteiger partial charge is 0.466 e. The monoisotopic (exact) mass is 302 g/mol. The van der Waals surface area contributed by atoms with Crippen molar-refractivity contribution in [3.63, 3.8) is 0 Å². The number of nitrogens with zero attached hydrogens (tertiary/aromatic N) is 1. The summed E-state index contributed by atoms with van der Waals surface area (Å²) >= 11 is 0. The van der Waals surface area contributed by atoms with Gasteiger partial charge in [0.25, 0.3) is 0 Å². The van der Waals surface area contributed by atoms with Crippen molar-refractivity contribution in [2.45, 2.75) is 39.5 Å². The number of rotatable bonds is 7. The third kappa shape index (κ3) is 4.76. The van der Waals surface area contributed by atoms with Gasteiger partial charge in [-0.05, 0) is 19.8 Å². The minimum atomic E-state index is -3.56. The van der Waals surface area contributed by atoms with Crippen LogP contribution < -0.4 is 4.72 Å². The first kappa shape index (κ1) is 16.9. The zero-order valence-electron chi connectivity index (χ0n) is 12.0. The van der Waals surface area contributed by atoms with Crippen LogP contribution in [-0.4, -0.2) is 33.3 Å². The fraction of sp³-hybridized carbons (Fsp3) is 0.846. The van der Waals surface area contributed by atoms with E-state index in [0.29, 0.717) is 12.8 Å². The molecule has 1 saturated carbocycles. The van der Waals surface area contributed by atoms with Gasteiger partial charge in [-0.15, -0.1) is 0 Å². The number of ether oxygens (including phenoxy) is 1. The van der Waals surface area contributed by atoms with E-state index in [9.17, 15) is 18.5 Å². The van der Waals surface area contributed by atoms with E-state index in [1.54, 1.807) is 13.8 Å². The van der Waals surface area contributed by atoms with Gasteiger partial charge in [0.2, 0.25) is 10.0 Å². The molecule has 0 aromatic carbocycles. The summed E-state index contributed by atoms with van der Waals surface area (Å²) in [5.41, 5.74) is -0.765. The number of hydrogen-bond donors (Lipinski definition) is 1. The Kier molecular flexibility index (Phi) is 5.96. The summed E-state index contributed by atoms with van der Waals surface area (Å²) in [5, 5.41) is 9.20. The minimum absolute atomic E-state index is 0.00265. The van der Waals surface area contributed by atoms with Crippen LogP contribution in [0.1, 0.15) is 39.5 Å². The molecule has 1 aliphatic rings. The third-order valence-electron chi connectivity index (χ3n) is 3.56. The van der Waals surface area contributed by atoms with Crippen LogP contribution in [0, 0.1) is 22.7 Å². The fourth-order valence-corrected chi connectivity index (χ4v) is 4.06. The summed E-state index contributed by atoms with van der Waals surface area (Å²) in [5.74, 6) is -1.15. The van der Waals surface area contributed by atoms with Gasteiger partial charge in [0.15, 0.2) is 0 Å². The fourth-order valence-electron chi connectivity index (χ4n) is 2.37. The van der Waals surface area contributed by atoms with Crippen molar-refractivity contribution in [3.8, 4) is 6.07 Å². The van der Waals surface area contributed by atoms with Gasteiger partial charge in [0, 0.05) is 6.54 Å². The van der Waals surface area contributed by atoms with Crippen molar-refractivity contribution in [3.05, 3.63) is 0 Å². The lowest BCUT2D eigenvalue weighted by Crippen LogP contribution is -2.38. The summed E-state index contributed by atoms with van der Waals surface area (Å²) in [6.07, 6.45) is 3.03. The molecule has 6 nitrogen and oxygen atoms in total. The zero-order valence-corrected chi connectivity index (χ0v) is 12.8. The molecule has 0 heterocycles. The van der Waals surface area contributed by atoms with E-state index in [1.807, 2.05) is 0 Å².